The molecule has 0 radical (unpaired) electrons. The van der Waals surface area contributed by atoms with Crippen LogP contribution in [0.4, 0.5) is 0 Å². The summed E-state index contributed by atoms with van der Waals surface area (Å²) in [5, 5.41) is 38.1. The molecule has 22 heavy (non-hydrogen) atoms. The molecule has 10 heteroatoms. The first-order chi connectivity index (χ1) is 8.93. The van der Waals surface area contributed by atoms with Crippen LogP contribution in [0.5, 0.6) is 0 Å². The molecule has 0 aliphatic rings. The summed E-state index contributed by atoms with van der Waals surface area (Å²) >= 11 is -3.29. The molecule has 0 atom stereocenters. The van der Waals surface area contributed by atoms with Crippen LogP contribution in [0.2, 0.25) is 0 Å². The Hall–Kier alpha value is 2.60. The molecule has 0 spiro atoms. The summed E-state index contributed by atoms with van der Waals surface area (Å²) in [4.78, 5) is 0. The van der Waals surface area contributed by atoms with Crippen LogP contribution in [0.25, 0.3) is 0 Å². The minimum Gasteiger partial charge on any atom is 4.00 e. The minimum absolute atomic E-state index is 0. The standard InChI is InChI=1S/4C3H7O.4ClH.2Sn/c4*1-3(2)4;;;;;;/h4*3H,1-2H3;4*1H;;/q4*-1;;;;;2*+4/p-4. The van der Waals surface area contributed by atoms with Crippen LogP contribution in [-0.4, -0.2) is 62.2 Å². The molecule has 0 heterocycles. The Balaban J connectivity index is -0.0000000361. The largest absolute Gasteiger partial charge is 4.00 e. The summed E-state index contributed by atoms with van der Waals surface area (Å²) in [7, 11) is 20.1. The fourth-order valence-corrected chi connectivity index (χ4v) is 0. The molecule has 0 rings (SSSR count). The molecule has 0 aromatic rings. The van der Waals surface area contributed by atoms with Gasteiger partial charge in [0, 0.05) is 0 Å². The van der Waals surface area contributed by atoms with Crippen LogP contribution in [0, 0.1) is 0 Å². The van der Waals surface area contributed by atoms with Crippen molar-refractivity contribution >= 4 is 73.5 Å². The van der Waals surface area contributed by atoms with Crippen LogP contribution in [0.3, 0.4) is 0 Å². The maximum Gasteiger partial charge on any atom is 4.00 e. The van der Waals surface area contributed by atoms with Gasteiger partial charge in [-0.1, -0.05) is 55.4 Å². The van der Waals surface area contributed by atoms with Crippen molar-refractivity contribution in [3.8, 4) is 0 Å². The van der Waals surface area contributed by atoms with E-state index in [2.05, 4.69) is 0 Å². The fraction of sp³-hybridized carbons (Fsp3) is 1.00. The third kappa shape index (κ3) is 1560. The average molecular weight is 616 g/mol. The molecular weight excluding hydrogens is 587 g/mol. The fourth-order valence-electron chi connectivity index (χ4n) is 0. The second kappa shape index (κ2) is 28.4. The van der Waals surface area contributed by atoms with Crippen LogP contribution in [-0.2, 0) is 0 Å². The van der Waals surface area contributed by atoms with E-state index in [9.17, 15) is 20.4 Å². The van der Waals surface area contributed by atoms with Crippen LogP contribution < -0.4 is 20.4 Å². The summed E-state index contributed by atoms with van der Waals surface area (Å²) in [5.41, 5.74) is 0. The first-order valence-electron chi connectivity index (χ1n) is 6.32. The van der Waals surface area contributed by atoms with Gasteiger partial charge in [0.1, 0.15) is 0 Å². The average Bonchev–Trinajstić information content (AvgIpc) is 1.91. The molecule has 0 amide bonds. The number of hydrogen-bond donors (Lipinski definition) is 0. The van der Waals surface area contributed by atoms with Gasteiger partial charge in [-0.2, -0.15) is 0 Å². The first kappa shape index (κ1) is 39.6. The Morgan fingerprint density at radius 1 is 0.500 bits per heavy atom. The SMILES string of the molecule is CC(C)[O-].CC(C)[O-].CC(C)[O-].CC(C)[O-].[Cl][Sn]([Cl])([Cl])[Cl].[Sn+4]. The van der Waals surface area contributed by atoms with Crippen LogP contribution in [0.15, 0.2) is 0 Å². The van der Waals surface area contributed by atoms with E-state index in [4.69, 9.17) is 35.7 Å². The quantitative estimate of drug-likeness (QED) is 0.381. The van der Waals surface area contributed by atoms with Crippen molar-refractivity contribution in [3.05, 3.63) is 0 Å². The van der Waals surface area contributed by atoms with Crippen molar-refractivity contribution in [2.45, 2.75) is 79.8 Å². The number of halogens is 4. The molecule has 0 fully saturated rings. The molecule has 0 unspecified atom stereocenters. The van der Waals surface area contributed by atoms with E-state index in [0.29, 0.717) is 0 Å². The van der Waals surface area contributed by atoms with Gasteiger partial charge in [-0.05, 0) is 0 Å². The maximum absolute atomic E-state index is 9.53. The number of hydrogen-bond acceptors (Lipinski definition) is 4. The van der Waals surface area contributed by atoms with E-state index in [1.54, 1.807) is 55.4 Å². The normalized spacial score (nSPS) is 9.27. The predicted octanol–water partition coefficient (Wildman–Crippen LogP) is 1.02. The van der Waals surface area contributed by atoms with Gasteiger partial charge in [0.05, 0.1) is 0 Å². The van der Waals surface area contributed by atoms with Crippen molar-refractivity contribution in [1.29, 1.82) is 0 Å². The van der Waals surface area contributed by atoms with Crippen molar-refractivity contribution in [2.24, 2.45) is 0 Å². The third-order valence-electron chi connectivity index (χ3n) is 0. The molecule has 0 saturated carbocycles. The van der Waals surface area contributed by atoms with Gasteiger partial charge < -0.3 is 20.4 Å². The van der Waals surface area contributed by atoms with Gasteiger partial charge in [-0.15, -0.1) is 24.4 Å². The third-order valence-corrected chi connectivity index (χ3v) is 0. The summed E-state index contributed by atoms with van der Waals surface area (Å²) in [6, 6.07) is 0. The van der Waals surface area contributed by atoms with Crippen molar-refractivity contribution in [1.82, 2.24) is 0 Å². The molecule has 0 saturated heterocycles. The Morgan fingerprint density at radius 3 is 0.500 bits per heavy atom. The van der Waals surface area contributed by atoms with E-state index < -0.39 is 38.3 Å². The molecule has 0 N–H and O–H groups in total. The molecule has 0 aromatic heterocycles. The molecule has 0 aromatic carbocycles. The zero-order valence-electron chi connectivity index (χ0n) is 14.5. The molecule has 0 bridgehead atoms. The first-order valence-corrected chi connectivity index (χ1v) is 20.8. The smallest absolute Gasteiger partial charge is 4.00 e. The zero-order chi connectivity index (χ0) is 18.8. The monoisotopic (exact) mass is 616 g/mol. The zero-order valence-corrected chi connectivity index (χ0v) is 23.2. The van der Waals surface area contributed by atoms with E-state index in [-0.39, 0.29) is 23.9 Å². The van der Waals surface area contributed by atoms with Gasteiger partial charge in [0.15, 0.2) is 0 Å². The molecule has 4 nitrogen and oxygen atoms in total. The van der Waals surface area contributed by atoms with Crippen LogP contribution in [0.1, 0.15) is 55.4 Å². The summed E-state index contributed by atoms with van der Waals surface area (Å²) in [5.74, 6) is 0. The van der Waals surface area contributed by atoms with E-state index in [0.717, 1.165) is 0 Å². The Morgan fingerprint density at radius 2 is 0.500 bits per heavy atom. The van der Waals surface area contributed by atoms with E-state index in [1.807, 2.05) is 0 Å². The second-order valence-electron chi connectivity index (χ2n) is 4.62. The molecular formula is C12H28Cl4O4Sn2. The van der Waals surface area contributed by atoms with E-state index in [1.165, 1.54) is 0 Å². The predicted molar refractivity (Wildman–Crippen MR) is 95.5 cm³/mol. The van der Waals surface area contributed by atoms with Crippen LogP contribution >= 0.6 is 35.7 Å². The maximum atomic E-state index is 9.53. The minimum atomic E-state index is -3.29. The molecule has 136 valence electrons. The van der Waals surface area contributed by atoms with Crippen molar-refractivity contribution in [3.63, 3.8) is 0 Å². The number of rotatable bonds is 0. The van der Waals surface area contributed by atoms with E-state index >= 15 is 0 Å². The van der Waals surface area contributed by atoms with Gasteiger partial charge >= 0.3 is 73.5 Å². The Bertz CT molecular complexity index is 129. The van der Waals surface area contributed by atoms with Crippen molar-refractivity contribution in [2.75, 3.05) is 0 Å². The molecule has 0 aliphatic heterocycles. The summed E-state index contributed by atoms with van der Waals surface area (Å²) in [6.07, 6.45) is -1.67. The Labute approximate surface area is 172 Å². The van der Waals surface area contributed by atoms with Gasteiger partial charge in [0.2, 0.25) is 0 Å². The topological polar surface area (TPSA) is 92.2 Å². The van der Waals surface area contributed by atoms with Crippen molar-refractivity contribution < 1.29 is 20.4 Å². The van der Waals surface area contributed by atoms with Gasteiger partial charge in [0.25, 0.3) is 0 Å². The Kier molecular flexibility index (Phi) is 51.1. The summed E-state index contributed by atoms with van der Waals surface area (Å²) in [6.45, 7) is 12.9. The summed E-state index contributed by atoms with van der Waals surface area (Å²) < 4.78 is 0. The van der Waals surface area contributed by atoms with Gasteiger partial charge in [-0.3, -0.25) is 0 Å². The van der Waals surface area contributed by atoms with Gasteiger partial charge in [-0.25, -0.2) is 0 Å². The second-order valence-corrected chi connectivity index (χ2v) is 30.1. The molecule has 0 aliphatic carbocycles.